The van der Waals surface area contributed by atoms with Crippen LogP contribution in [0.3, 0.4) is 0 Å². The van der Waals surface area contributed by atoms with E-state index in [2.05, 4.69) is 5.32 Å². The van der Waals surface area contributed by atoms with Gasteiger partial charge < -0.3 is 15.0 Å². The third-order valence-corrected chi connectivity index (χ3v) is 4.58. The van der Waals surface area contributed by atoms with E-state index in [4.69, 9.17) is 4.74 Å². The lowest BCUT2D eigenvalue weighted by atomic mass is 9.92. The van der Waals surface area contributed by atoms with Crippen LogP contribution in [0, 0.1) is 5.41 Å². The highest BCUT2D eigenvalue weighted by Crippen LogP contribution is 2.30. The van der Waals surface area contributed by atoms with Gasteiger partial charge in [0.05, 0.1) is 0 Å². The molecule has 0 unspecified atom stereocenters. The van der Waals surface area contributed by atoms with Crippen molar-refractivity contribution < 1.29 is 14.3 Å². The smallest absolute Gasteiger partial charge is 0.263 e. The molecule has 5 nitrogen and oxygen atoms in total. The molecular weight excluding hydrogens is 352 g/mol. The maximum absolute atomic E-state index is 12.8. The van der Waals surface area contributed by atoms with Crippen molar-refractivity contribution in [2.45, 2.75) is 53.3 Å². The molecule has 1 aliphatic heterocycles. The molecule has 1 atom stereocenters. The van der Waals surface area contributed by atoms with E-state index in [1.165, 1.54) is 0 Å². The van der Waals surface area contributed by atoms with Crippen LogP contribution in [0.1, 0.15) is 45.2 Å². The van der Waals surface area contributed by atoms with Gasteiger partial charge in [-0.2, -0.15) is 0 Å². The molecule has 5 heteroatoms. The third kappa shape index (κ3) is 5.12. The molecular formula is C23H28N2O3. The van der Waals surface area contributed by atoms with E-state index >= 15 is 0 Å². The molecule has 0 aliphatic carbocycles. The molecule has 2 aromatic carbocycles. The van der Waals surface area contributed by atoms with Gasteiger partial charge in [0.15, 0.2) is 6.10 Å². The highest BCUT2D eigenvalue weighted by Gasteiger charge is 2.28. The van der Waals surface area contributed by atoms with Gasteiger partial charge in [-0.05, 0) is 36.1 Å². The van der Waals surface area contributed by atoms with Crippen molar-refractivity contribution in [1.29, 1.82) is 0 Å². The Kier molecular flexibility index (Phi) is 5.73. The minimum absolute atomic E-state index is 0.0208. The fraction of sp³-hybridized carbons (Fsp3) is 0.391. The highest BCUT2D eigenvalue weighted by atomic mass is 16.5. The zero-order valence-electron chi connectivity index (χ0n) is 17.0. The Balaban J connectivity index is 1.80. The largest absolute Gasteiger partial charge is 0.481 e. The summed E-state index contributed by atoms with van der Waals surface area (Å²) in [4.78, 5) is 26.8. The Morgan fingerprint density at radius 2 is 1.89 bits per heavy atom. The number of nitrogens with zero attached hydrogens (tertiary/aromatic N) is 1. The van der Waals surface area contributed by atoms with Crippen LogP contribution in [0.4, 0.5) is 5.69 Å². The van der Waals surface area contributed by atoms with Crippen molar-refractivity contribution in [3.05, 3.63) is 59.7 Å². The Morgan fingerprint density at radius 1 is 1.18 bits per heavy atom. The van der Waals surface area contributed by atoms with Crippen LogP contribution in [0.5, 0.6) is 5.75 Å². The number of nitrogens with one attached hydrogen (secondary N) is 1. The second kappa shape index (κ2) is 8.05. The van der Waals surface area contributed by atoms with Gasteiger partial charge in [0, 0.05) is 30.8 Å². The highest BCUT2D eigenvalue weighted by molar-refractivity contribution is 5.91. The number of fused-ring (bicyclic) bond motifs is 1. The molecule has 0 radical (unpaired) electrons. The lowest BCUT2D eigenvalue weighted by molar-refractivity contribution is -0.138. The number of amides is 2. The van der Waals surface area contributed by atoms with Crippen LogP contribution in [0.15, 0.2) is 48.5 Å². The van der Waals surface area contributed by atoms with Gasteiger partial charge >= 0.3 is 0 Å². The van der Waals surface area contributed by atoms with Gasteiger partial charge in [0.2, 0.25) is 5.91 Å². The fourth-order valence-corrected chi connectivity index (χ4v) is 3.30. The van der Waals surface area contributed by atoms with E-state index in [-0.39, 0.29) is 17.2 Å². The number of hydrogen-bond acceptors (Lipinski definition) is 3. The average molecular weight is 380 g/mol. The molecule has 148 valence electrons. The molecule has 0 bridgehead atoms. The first-order chi connectivity index (χ1) is 13.2. The first-order valence-electron chi connectivity index (χ1n) is 9.63. The number of rotatable bonds is 4. The first-order valence-corrected chi connectivity index (χ1v) is 9.63. The summed E-state index contributed by atoms with van der Waals surface area (Å²) >= 11 is 0. The van der Waals surface area contributed by atoms with E-state index in [0.717, 1.165) is 16.8 Å². The summed E-state index contributed by atoms with van der Waals surface area (Å²) in [5.41, 5.74) is 2.61. The molecule has 28 heavy (non-hydrogen) atoms. The number of hydrogen-bond donors (Lipinski definition) is 1. The van der Waals surface area contributed by atoms with Crippen LogP contribution in [0.25, 0.3) is 0 Å². The molecule has 0 saturated heterocycles. The molecule has 1 heterocycles. The Hall–Kier alpha value is -2.82. The molecule has 0 spiro atoms. The fourth-order valence-electron chi connectivity index (χ4n) is 3.30. The van der Waals surface area contributed by atoms with E-state index in [1.807, 2.05) is 69.3 Å². The zero-order chi connectivity index (χ0) is 20.3. The number of carbonyl (C=O) groups excluding carboxylic acids is 2. The predicted octanol–water partition coefficient (Wildman–Crippen LogP) is 4.37. The minimum atomic E-state index is -0.550. The van der Waals surface area contributed by atoms with E-state index in [9.17, 15) is 9.59 Å². The first kappa shape index (κ1) is 19.9. The normalized spacial score (nSPS) is 16.8. The van der Waals surface area contributed by atoms with Crippen LogP contribution < -0.4 is 10.1 Å². The maximum Gasteiger partial charge on any atom is 0.263 e. The number of benzene rings is 2. The van der Waals surface area contributed by atoms with E-state index in [0.29, 0.717) is 25.3 Å². The molecule has 0 saturated carbocycles. The monoisotopic (exact) mass is 380 g/mol. The lowest BCUT2D eigenvalue weighted by Crippen LogP contribution is -2.37. The molecule has 1 aliphatic rings. The van der Waals surface area contributed by atoms with E-state index in [1.54, 1.807) is 11.8 Å². The average Bonchev–Trinajstić information content (AvgIpc) is 2.72. The Bertz CT molecular complexity index is 856. The number of ether oxygens (including phenoxy) is 1. The third-order valence-electron chi connectivity index (χ3n) is 4.58. The topological polar surface area (TPSA) is 58.6 Å². The minimum Gasteiger partial charge on any atom is -0.481 e. The van der Waals surface area contributed by atoms with Gasteiger partial charge in [-0.1, -0.05) is 51.1 Å². The summed E-state index contributed by atoms with van der Waals surface area (Å²) in [7, 11) is 0. The summed E-state index contributed by atoms with van der Waals surface area (Å²) in [5, 5.41) is 2.96. The van der Waals surface area contributed by atoms with Crippen LogP contribution in [-0.2, 0) is 22.7 Å². The van der Waals surface area contributed by atoms with Crippen molar-refractivity contribution in [2.75, 3.05) is 5.32 Å². The molecule has 0 fully saturated rings. The van der Waals surface area contributed by atoms with Crippen molar-refractivity contribution in [2.24, 2.45) is 5.41 Å². The molecule has 2 amide bonds. The standard InChI is InChI=1S/C23H28N2O3/c1-16-22(27)25(14-17-8-6-5-7-9-17)15-18-12-19(10-11-20(18)28-16)24-21(26)13-23(2,3)4/h5-12,16H,13-15H2,1-4H3,(H,24,26)/t16-/m1/s1. The molecule has 0 aromatic heterocycles. The van der Waals surface area contributed by atoms with Crippen molar-refractivity contribution >= 4 is 17.5 Å². The van der Waals surface area contributed by atoms with Gasteiger partial charge in [-0.25, -0.2) is 0 Å². The summed E-state index contributed by atoms with van der Waals surface area (Å²) < 4.78 is 5.87. The summed E-state index contributed by atoms with van der Waals surface area (Å²) in [6, 6.07) is 15.5. The summed E-state index contributed by atoms with van der Waals surface area (Å²) in [5.74, 6) is 0.621. The molecule has 1 N–H and O–H groups in total. The Morgan fingerprint density at radius 3 is 2.57 bits per heavy atom. The van der Waals surface area contributed by atoms with Crippen LogP contribution in [0.2, 0.25) is 0 Å². The van der Waals surface area contributed by atoms with Crippen LogP contribution in [-0.4, -0.2) is 22.8 Å². The second-order valence-corrected chi connectivity index (χ2v) is 8.55. The zero-order valence-corrected chi connectivity index (χ0v) is 17.0. The second-order valence-electron chi connectivity index (χ2n) is 8.55. The van der Waals surface area contributed by atoms with Gasteiger partial charge in [0.25, 0.3) is 5.91 Å². The molecule has 2 aromatic rings. The summed E-state index contributed by atoms with van der Waals surface area (Å²) in [6.45, 7) is 8.84. The number of carbonyl (C=O) groups is 2. The van der Waals surface area contributed by atoms with E-state index < -0.39 is 6.10 Å². The molecule has 3 rings (SSSR count). The van der Waals surface area contributed by atoms with Crippen molar-refractivity contribution in [1.82, 2.24) is 4.90 Å². The van der Waals surface area contributed by atoms with Gasteiger partial charge in [0.1, 0.15) is 5.75 Å². The Labute approximate surface area is 166 Å². The van der Waals surface area contributed by atoms with Crippen LogP contribution >= 0.6 is 0 Å². The number of anilines is 1. The predicted molar refractivity (Wildman–Crippen MR) is 110 cm³/mol. The van der Waals surface area contributed by atoms with Gasteiger partial charge in [-0.3, -0.25) is 9.59 Å². The van der Waals surface area contributed by atoms with Gasteiger partial charge in [-0.15, -0.1) is 0 Å². The quantitative estimate of drug-likeness (QED) is 0.857. The van der Waals surface area contributed by atoms with Crippen molar-refractivity contribution in [3.8, 4) is 5.75 Å². The lowest BCUT2D eigenvalue weighted by Gasteiger charge is -2.22. The van der Waals surface area contributed by atoms with Crippen molar-refractivity contribution in [3.63, 3.8) is 0 Å². The maximum atomic E-state index is 12.8. The SMILES string of the molecule is C[C@H]1Oc2ccc(NC(=O)CC(C)(C)C)cc2CN(Cc2ccccc2)C1=O. The summed E-state index contributed by atoms with van der Waals surface area (Å²) in [6.07, 6.45) is -0.109.